The zero-order valence-electron chi connectivity index (χ0n) is 18.8. The minimum atomic E-state index is -0.631. The molecule has 2 heterocycles. The summed E-state index contributed by atoms with van der Waals surface area (Å²) in [5, 5.41) is 34.0. The molecule has 4 rings (SSSR count). The number of anilines is 2. The standard InChI is InChI=1S/C24H24N6O3S/c1-28-8-10-29(11-9-28)21-7-6-18(30(32)33)13-16(21)12-17(14-25)23(31)27-24-20(15-26)19-4-2-3-5-22(19)34-24/h6-7,12-13H,2-5,8-11H2,1H3,(H,27,31). The van der Waals surface area contributed by atoms with Gasteiger partial charge in [-0.3, -0.25) is 14.9 Å². The maximum absolute atomic E-state index is 13.0. The monoisotopic (exact) mass is 476 g/mol. The zero-order valence-corrected chi connectivity index (χ0v) is 19.7. The van der Waals surface area contributed by atoms with Crippen LogP contribution in [-0.4, -0.2) is 49.0 Å². The molecule has 0 atom stereocenters. The molecule has 0 spiro atoms. The van der Waals surface area contributed by atoms with E-state index < -0.39 is 10.8 Å². The largest absolute Gasteiger partial charge is 0.368 e. The molecular weight excluding hydrogens is 452 g/mol. The van der Waals surface area contributed by atoms with Gasteiger partial charge in [-0.1, -0.05) is 0 Å². The predicted octanol–water partition coefficient (Wildman–Crippen LogP) is 3.70. The molecule has 174 valence electrons. The molecule has 0 saturated carbocycles. The van der Waals surface area contributed by atoms with Gasteiger partial charge in [0.25, 0.3) is 11.6 Å². The summed E-state index contributed by atoms with van der Waals surface area (Å²) in [4.78, 5) is 29.3. The number of hydrogen-bond donors (Lipinski definition) is 1. The van der Waals surface area contributed by atoms with E-state index in [9.17, 15) is 25.4 Å². The lowest BCUT2D eigenvalue weighted by Crippen LogP contribution is -2.44. The Labute approximate surface area is 201 Å². The van der Waals surface area contributed by atoms with Crippen LogP contribution < -0.4 is 10.2 Å². The third kappa shape index (κ3) is 4.79. The lowest BCUT2D eigenvalue weighted by Gasteiger charge is -2.34. The molecule has 34 heavy (non-hydrogen) atoms. The molecule has 9 nitrogen and oxygen atoms in total. The second-order valence-electron chi connectivity index (χ2n) is 8.44. The summed E-state index contributed by atoms with van der Waals surface area (Å²) < 4.78 is 0. The van der Waals surface area contributed by atoms with Crippen LogP contribution in [0, 0.1) is 32.8 Å². The number of nitrogens with zero attached hydrogens (tertiary/aromatic N) is 5. The minimum Gasteiger partial charge on any atom is -0.368 e. The van der Waals surface area contributed by atoms with Crippen molar-refractivity contribution in [1.29, 1.82) is 10.5 Å². The smallest absolute Gasteiger partial charge is 0.270 e. The molecule has 1 N–H and O–H groups in total. The Morgan fingerprint density at radius 2 is 1.94 bits per heavy atom. The van der Waals surface area contributed by atoms with Gasteiger partial charge in [0.05, 0.1) is 10.5 Å². The highest BCUT2D eigenvalue weighted by molar-refractivity contribution is 7.16. The van der Waals surface area contributed by atoms with E-state index >= 15 is 0 Å². The summed E-state index contributed by atoms with van der Waals surface area (Å²) in [5.74, 6) is -0.631. The number of amides is 1. The number of fused-ring (bicyclic) bond motifs is 1. The molecular formula is C24H24N6O3S. The van der Waals surface area contributed by atoms with Crippen LogP contribution in [0.15, 0.2) is 23.8 Å². The van der Waals surface area contributed by atoms with Crippen LogP contribution in [0.1, 0.15) is 34.4 Å². The van der Waals surface area contributed by atoms with Gasteiger partial charge in [0.15, 0.2) is 0 Å². The first kappa shape index (κ1) is 23.4. The number of nitro groups is 1. The minimum absolute atomic E-state index is 0.112. The molecule has 0 unspecified atom stereocenters. The number of non-ortho nitro benzene ring substituents is 1. The number of carbonyl (C=O) groups is 1. The maximum Gasteiger partial charge on any atom is 0.270 e. The zero-order chi connectivity index (χ0) is 24.2. The highest BCUT2D eigenvalue weighted by atomic mass is 32.1. The molecule has 0 bridgehead atoms. The van der Waals surface area contributed by atoms with Crippen molar-refractivity contribution in [2.45, 2.75) is 25.7 Å². The quantitative estimate of drug-likeness (QED) is 0.302. The Hall–Kier alpha value is -3.73. The van der Waals surface area contributed by atoms with Crippen LogP contribution in [0.25, 0.3) is 6.08 Å². The number of nitriles is 2. The van der Waals surface area contributed by atoms with Crippen LogP contribution in [-0.2, 0) is 17.6 Å². The normalized spacial score (nSPS) is 16.3. The van der Waals surface area contributed by atoms with E-state index in [1.165, 1.54) is 29.5 Å². The van der Waals surface area contributed by atoms with Gasteiger partial charge in [-0.2, -0.15) is 10.5 Å². The van der Waals surface area contributed by atoms with Gasteiger partial charge in [-0.25, -0.2) is 0 Å². The van der Waals surface area contributed by atoms with E-state index in [0.29, 0.717) is 16.1 Å². The third-order valence-electron chi connectivity index (χ3n) is 6.24. The van der Waals surface area contributed by atoms with Gasteiger partial charge in [0.2, 0.25) is 0 Å². The van der Waals surface area contributed by atoms with Crippen LogP contribution in [0.5, 0.6) is 0 Å². The molecule has 2 aromatic rings. The van der Waals surface area contributed by atoms with Crippen LogP contribution in [0.2, 0.25) is 0 Å². The average Bonchev–Trinajstić information content (AvgIpc) is 3.19. The summed E-state index contributed by atoms with van der Waals surface area (Å²) in [6.07, 6.45) is 5.16. The Balaban J connectivity index is 1.67. The second-order valence-corrected chi connectivity index (χ2v) is 9.55. The Morgan fingerprint density at radius 1 is 1.21 bits per heavy atom. The van der Waals surface area contributed by atoms with Gasteiger partial charge >= 0.3 is 0 Å². The Bertz CT molecular complexity index is 1240. The molecule has 1 aromatic heterocycles. The van der Waals surface area contributed by atoms with Gasteiger partial charge in [-0.15, -0.1) is 11.3 Å². The van der Waals surface area contributed by atoms with Crippen molar-refractivity contribution in [3.8, 4) is 12.1 Å². The fourth-order valence-corrected chi connectivity index (χ4v) is 5.59. The van der Waals surface area contributed by atoms with Crippen LogP contribution in [0.4, 0.5) is 16.4 Å². The van der Waals surface area contributed by atoms with Crippen molar-refractivity contribution in [2.24, 2.45) is 0 Å². The number of likely N-dealkylation sites (N-methyl/N-ethyl adjacent to an activating group) is 1. The number of benzene rings is 1. The van der Waals surface area contributed by atoms with E-state index in [4.69, 9.17) is 0 Å². The first-order valence-electron chi connectivity index (χ1n) is 11.1. The topological polar surface area (TPSA) is 126 Å². The average molecular weight is 477 g/mol. The number of piperazine rings is 1. The predicted molar refractivity (Wildman–Crippen MR) is 131 cm³/mol. The van der Waals surface area contributed by atoms with Crippen molar-refractivity contribution >= 4 is 39.7 Å². The summed E-state index contributed by atoms with van der Waals surface area (Å²) in [6, 6.07) is 8.63. The summed E-state index contributed by atoms with van der Waals surface area (Å²) in [5.41, 5.74) is 2.36. The Morgan fingerprint density at radius 3 is 2.62 bits per heavy atom. The number of nitro benzene ring substituents is 1. The SMILES string of the molecule is CN1CCN(c2ccc([N+](=O)[O-])cc2C=C(C#N)C(=O)Nc2sc3c(c2C#N)CCCC3)CC1. The number of aryl methyl sites for hydroxylation is 1. The van der Waals surface area contributed by atoms with Crippen LogP contribution >= 0.6 is 11.3 Å². The third-order valence-corrected chi connectivity index (χ3v) is 7.45. The number of hydrogen-bond acceptors (Lipinski definition) is 8. The van der Waals surface area contributed by atoms with Gasteiger partial charge < -0.3 is 15.1 Å². The number of rotatable bonds is 5. The molecule has 2 aliphatic rings. The number of carbonyl (C=O) groups excluding carboxylic acids is 1. The molecule has 0 radical (unpaired) electrons. The highest BCUT2D eigenvalue weighted by Gasteiger charge is 2.24. The second kappa shape index (κ2) is 10.0. The first-order valence-corrected chi connectivity index (χ1v) is 11.9. The molecule has 1 saturated heterocycles. The number of thiophene rings is 1. The van der Waals surface area contributed by atoms with Crippen molar-refractivity contribution in [2.75, 3.05) is 43.4 Å². The highest BCUT2D eigenvalue weighted by Crippen LogP contribution is 2.38. The molecule has 10 heteroatoms. The maximum atomic E-state index is 13.0. The summed E-state index contributed by atoms with van der Waals surface area (Å²) in [6.45, 7) is 3.14. The molecule has 1 aromatic carbocycles. The first-order chi connectivity index (χ1) is 16.4. The van der Waals surface area contributed by atoms with E-state index in [1.807, 2.05) is 13.1 Å². The molecule has 1 aliphatic carbocycles. The van der Waals surface area contributed by atoms with Crippen molar-refractivity contribution < 1.29 is 9.72 Å². The van der Waals surface area contributed by atoms with E-state index in [2.05, 4.69) is 21.2 Å². The van der Waals surface area contributed by atoms with Gasteiger partial charge in [0.1, 0.15) is 22.7 Å². The van der Waals surface area contributed by atoms with Crippen molar-refractivity contribution in [3.63, 3.8) is 0 Å². The molecule has 1 fully saturated rings. The lowest BCUT2D eigenvalue weighted by molar-refractivity contribution is -0.384. The number of nitrogens with one attached hydrogen (secondary N) is 1. The van der Waals surface area contributed by atoms with Gasteiger partial charge in [0, 0.05) is 54.4 Å². The van der Waals surface area contributed by atoms with E-state index in [0.717, 1.165) is 68.0 Å². The molecule has 1 aliphatic heterocycles. The fraction of sp³-hybridized carbons (Fsp3) is 0.375. The van der Waals surface area contributed by atoms with Crippen LogP contribution in [0.3, 0.4) is 0 Å². The van der Waals surface area contributed by atoms with Crippen molar-refractivity contribution in [3.05, 3.63) is 55.5 Å². The fourth-order valence-electron chi connectivity index (χ4n) is 4.35. The Kier molecular flexibility index (Phi) is 6.92. The summed E-state index contributed by atoms with van der Waals surface area (Å²) >= 11 is 1.39. The van der Waals surface area contributed by atoms with E-state index in [-0.39, 0.29) is 11.3 Å². The van der Waals surface area contributed by atoms with Gasteiger partial charge in [-0.05, 0) is 50.4 Å². The molecule has 1 amide bonds. The summed E-state index contributed by atoms with van der Waals surface area (Å²) in [7, 11) is 2.03. The van der Waals surface area contributed by atoms with Crippen molar-refractivity contribution in [1.82, 2.24) is 4.90 Å². The van der Waals surface area contributed by atoms with E-state index in [1.54, 1.807) is 6.07 Å². The lowest BCUT2D eigenvalue weighted by atomic mass is 9.96.